The Morgan fingerprint density at radius 3 is 2.71 bits per heavy atom. The molecule has 4 nitrogen and oxygen atoms in total. The first kappa shape index (κ1) is 10.5. The maximum Gasteiger partial charge on any atom is 0.253 e. The maximum atomic E-state index is 11.2. The monoisotopic (exact) mass is 195 g/mol. The van der Waals surface area contributed by atoms with Gasteiger partial charge in [0.1, 0.15) is 5.75 Å². The third kappa shape index (κ3) is 2.03. The van der Waals surface area contributed by atoms with Crippen LogP contribution in [0.4, 0.5) is 0 Å². The Kier molecular flexibility index (Phi) is 3.48. The SMILES string of the molecule is CNC(=O)C(O)c1ccccc1OC. The molecule has 0 radical (unpaired) electrons. The van der Waals surface area contributed by atoms with Crippen molar-refractivity contribution in [1.82, 2.24) is 5.32 Å². The fourth-order valence-electron chi connectivity index (χ4n) is 1.17. The van der Waals surface area contributed by atoms with Gasteiger partial charge in [-0.15, -0.1) is 0 Å². The first-order chi connectivity index (χ1) is 6.70. The zero-order chi connectivity index (χ0) is 10.6. The fraction of sp³-hybridized carbons (Fsp3) is 0.300. The molecule has 0 fully saturated rings. The van der Waals surface area contributed by atoms with Crippen LogP contribution in [0.5, 0.6) is 5.75 Å². The average molecular weight is 195 g/mol. The number of carbonyl (C=O) groups excluding carboxylic acids is 1. The number of hydrogen-bond donors (Lipinski definition) is 2. The van der Waals surface area contributed by atoms with E-state index in [1.54, 1.807) is 24.3 Å². The lowest BCUT2D eigenvalue weighted by atomic mass is 10.1. The van der Waals surface area contributed by atoms with Crippen LogP contribution in [0, 0.1) is 0 Å². The molecule has 2 N–H and O–H groups in total. The van der Waals surface area contributed by atoms with Gasteiger partial charge in [-0.1, -0.05) is 18.2 Å². The number of benzene rings is 1. The van der Waals surface area contributed by atoms with E-state index in [1.165, 1.54) is 14.2 Å². The van der Waals surface area contributed by atoms with Crippen molar-refractivity contribution in [2.24, 2.45) is 0 Å². The predicted molar refractivity (Wildman–Crippen MR) is 52.0 cm³/mol. The summed E-state index contributed by atoms with van der Waals surface area (Å²) in [5.41, 5.74) is 0.467. The molecular formula is C10H13NO3. The molecule has 0 aromatic heterocycles. The molecule has 4 heteroatoms. The molecule has 1 rings (SSSR count). The topological polar surface area (TPSA) is 58.6 Å². The summed E-state index contributed by atoms with van der Waals surface area (Å²) in [5.74, 6) is 0.0538. The Balaban J connectivity index is 2.99. The highest BCUT2D eigenvalue weighted by molar-refractivity contribution is 5.82. The van der Waals surface area contributed by atoms with Crippen LogP contribution in [0.2, 0.25) is 0 Å². The Morgan fingerprint density at radius 1 is 1.50 bits per heavy atom. The van der Waals surface area contributed by atoms with Gasteiger partial charge in [-0.05, 0) is 6.07 Å². The summed E-state index contributed by atoms with van der Waals surface area (Å²) < 4.78 is 5.02. The molecular weight excluding hydrogens is 182 g/mol. The van der Waals surface area contributed by atoms with E-state index in [-0.39, 0.29) is 0 Å². The van der Waals surface area contributed by atoms with Crippen molar-refractivity contribution in [1.29, 1.82) is 0 Å². The molecule has 0 bridgehead atoms. The van der Waals surface area contributed by atoms with Crippen LogP contribution >= 0.6 is 0 Å². The van der Waals surface area contributed by atoms with E-state index >= 15 is 0 Å². The second-order valence-corrected chi connectivity index (χ2v) is 2.76. The molecule has 14 heavy (non-hydrogen) atoms. The molecule has 76 valence electrons. The van der Waals surface area contributed by atoms with Gasteiger partial charge in [0.05, 0.1) is 7.11 Å². The van der Waals surface area contributed by atoms with Gasteiger partial charge < -0.3 is 15.2 Å². The molecule has 1 aromatic carbocycles. The number of likely N-dealkylation sites (N-methyl/N-ethyl adjacent to an activating group) is 1. The minimum absolute atomic E-state index is 0.450. The Labute approximate surface area is 82.5 Å². The molecule has 1 unspecified atom stereocenters. The molecule has 0 saturated heterocycles. The summed E-state index contributed by atoms with van der Waals surface area (Å²) in [4.78, 5) is 11.2. The predicted octanol–water partition coefficient (Wildman–Crippen LogP) is 0.475. The molecule has 0 heterocycles. The van der Waals surface area contributed by atoms with Crippen LogP contribution in [0.3, 0.4) is 0 Å². The number of aliphatic hydroxyl groups excluding tert-OH is 1. The first-order valence-electron chi connectivity index (χ1n) is 4.23. The third-order valence-corrected chi connectivity index (χ3v) is 1.93. The molecule has 1 aromatic rings. The van der Waals surface area contributed by atoms with Crippen molar-refractivity contribution in [2.45, 2.75) is 6.10 Å². The zero-order valence-corrected chi connectivity index (χ0v) is 8.15. The summed E-state index contributed by atoms with van der Waals surface area (Å²) in [5, 5.41) is 12.0. The van der Waals surface area contributed by atoms with E-state index in [4.69, 9.17) is 4.74 Å². The van der Waals surface area contributed by atoms with Gasteiger partial charge in [-0.3, -0.25) is 4.79 Å². The summed E-state index contributed by atoms with van der Waals surface area (Å²) in [7, 11) is 2.97. The lowest BCUT2D eigenvalue weighted by Gasteiger charge is -2.12. The van der Waals surface area contributed by atoms with Gasteiger partial charge in [-0.25, -0.2) is 0 Å². The van der Waals surface area contributed by atoms with Gasteiger partial charge in [0.25, 0.3) is 5.91 Å². The molecule has 1 amide bonds. The number of aliphatic hydroxyl groups is 1. The summed E-state index contributed by atoms with van der Waals surface area (Å²) in [6, 6.07) is 6.86. The van der Waals surface area contributed by atoms with E-state index in [0.717, 1.165) is 0 Å². The van der Waals surface area contributed by atoms with Crippen LogP contribution in [0.25, 0.3) is 0 Å². The molecule has 0 aliphatic rings. The van der Waals surface area contributed by atoms with E-state index in [2.05, 4.69) is 5.32 Å². The van der Waals surface area contributed by atoms with Crippen LogP contribution in [-0.2, 0) is 4.79 Å². The van der Waals surface area contributed by atoms with Crippen molar-refractivity contribution in [3.8, 4) is 5.75 Å². The normalized spacial score (nSPS) is 11.9. The number of amides is 1. The van der Waals surface area contributed by atoms with Crippen LogP contribution < -0.4 is 10.1 Å². The minimum atomic E-state index is -1.18. The Bertz CT molecular complexity index is 325. The van der Waals surface area contributed by atoms with Crippen molar-refractivity contribution < 1.29 is 14.6 Å². The molecule has 0 spiro atoms. The van der Waals surface area contributed by atoms with Crippen molar-refractivity contribution in [3.05, 3.63) is 29.8 Å². The largest absolute Gasteiger partial charge is 0.496 e. The Hall–Kier alpha value is -1.55. The lowest BCUT2D eigenvalue weighted by molar-refractivity contribution is -0.129. The molecule has 0 aliphatic heterocycles. The summed E-state index contributed by atoms with van der Waals surface area (Å²) >= 11 is 0. The first-order valence-corrected chi connectivity index (χ1v) is 4.23. The number of hydrogen-bond acceptors (Lipinski definition) is 3. The van der Waals surface area contributed by atoms with Gasteiger partial charge in [0.15, 0.2) is 6.10 Å². The lowest BCUT2D eigenvalue weighted by Crippen LogP contribution is -2.25. The second kappa shape index (κ2) is 4.62. The summed E-state index contributed by atoms with van der Waals surface area (Å²) in [6.07, 6.45) is -1.18. The number of nitrogens with one attached hydrogen (secondary N) is 1. The van der Waals surface area contributed by atoms with Crippen LogP contribution in [-0.4, -0.2) is 25.2 Å². The molecule has 0 aliphatic carbocycles. The fourth-order valence-corrected chi connectivity index (χ4v) is 1.17. The van der Waals surface area contributed by atoms with E-state index in [0.29, 0.717) is 11.3 Å². The standard InChI is InChI=1S/C10H13NO3/c1-11-10(13)9(12)7-5-3-4-6-8(7)14-2/h3-6,9,12H,1-2H3,(H,11,13). The van der Waals surface area contributed by atoms with Gasteiger partial charge in [0, 0.05) is 12.6 Å². The van der Waals surface area contributed by atoms with Gasteiger partial charge in [0.2, 0.25) is 0 Å². The Morgan fingerprint density at radius 2 is 2.14 bits per heavy atom. The number of carbonyl (C=O) groups is 1. The van der Waals surface area contributed by atoms with E-state index in [9.17, 15) is 9.90 Å². The second-order valence-electron chi connectivity index (χ2n) is 2.76. The number of ether oxygens (including phenoxy) is 1. The number of para-hydroxylation sites is 1. The van der Waals surface area contributed by atoms with Gasteiger partial charge in [-0.2, -0.15) is 0 Å². The smallest absolute Gasteiger partial charge is 0.253 e. The minimum Gasteiger partial charge on any atom is -0.496 e. The van der Waals surface area contributed by atoms with E-state index in [1.807, 2.05) is 0 Å². The average Bonchev–Trinajstić information content (AvgIpc) is 2.26. The highest BCUT2D eigenvalue weighted by Gasteiger charge is 2.18. The zero-order valence-electron chi connectivity index (χ0n) is 8.15. The highest BCUT2D eigenvalue weighted by Crippen LogP contribution is 2.24. The maximum absolute atomic E-state index is 11.2. The third-order valence-electron chi connectivity index (χ3n) is 1.93. The highest BCUT2D eigenvalue weighted by atomic mass is 16.5. The number of rotatable bonds is 3. The molecule has 0 saturated carbocycles. The van der Waals surface area contributed by atoms with Crippen molar-refractivity contribution in [3.63, 3.8) is 0 Å². The van der Waals surface area contributed by atoms with Crippen LogP contribution in [0.1, 0.15) is 11.7 Å². The van der Waals surface area contributed by atoms with E-state index < -0.39 is 12.0 Å². The molecule has 1 atom stereocenters. The number of methoxy groups -OCH3 is 1. The van der Waals surface area contributed by atoms with Crippen molar-refractivity contribution in [2.75, 3.05) is 14.2 Å². The van der Waals surface area contributed by atoms with Crippen molar-refractivity contribution >= 4 is 5.91 Å². The van der Waals surface area contributed by atoms with Gasteiger partial charge >= 0.3 is 0 Å². The summed E-state index contributed by atoms with van der Waals surface area (Å²) in [6.45, 7) is 0. The quantitative estimate of drug-likeness (QED) is 0.737. The van der Waals surface area contributed by atoms with Crippen LogP contribution in [0.15, 0.2) is 24.3 Å².